The Balaban J connectivity index is 2.40. The maximum atomic E-state index is 12.9. The van der Waals surface area contributed by atoms with Crippen LogP contribution in [0.2, 0.25) is 0 Å². The molecule has 1 amide bonds. The zero-order valence-electron chi connectivity index (χ0n) is 13.2. The maximum absolute atomic E-state index is 12.9. The van der Waals surface area contributed by atoms with E-state index in [0.717, 1.165) is 6.42 Å². The number of aliphatic carboxylic acids is 1. The Bertz CT molecular complexity index is 601. The third-order valence-corrected chi connectivity index (χ3v) is 3.69. The summed E-state index contributed by atoms with van der Waals surface area (Å²) in [4.78, 5) is 26.0. The quantitative estimate of drug-likeness (QED) is 0.778. The van der Waals surface area contributed by atoms with Crippen LogP contribution in [-0.2, 0) is 9.59 Å². The molecule has 4 nitrogen and oxygen atoms in total. The van der Waals surface area contributed by atoms with Crippen molar-refractivity contribution in [2.75, 3.05) is 4.90 Å². The topological polar surface area (TPSA) is 57.6 Å². The molecule has 2 aromatic carbocycles. The number of rotatable bonds is 7. The van der Waals surface area contributed by atoms with E-state index in [1.807, 2.05) is 67.6 Å². The van der Waals surface area contributed by atoms with E-state index in [4.69, 9.17) is 0 Å². The van der Waals surface area contributed by atoms with E-state index in [1.165, 1.54) is 4.90 Å². The highest BCUT2D eigenvalue weighted by Crippen LogP contribution is 2.28. The molecule has 0 aliphatic carbocycles. The molecule has 0 aliphatic rings. The Morgan fingerprint density at radius 1 is 0.957 bits per heavy atom. The van der Waals surface area contributed by atoms with Gasteiger partial charge in [-0.15, -0.1) is 0 Å². The first-order valence-corrected chi connectivity index (χ1v) is 7.82. The molecule has 0 saturated heterocycles. The average molecular weight is 311 g/mol. The third kappa shape index (κ3) is 4.19. The minimum atomic E-state index is -1.07. The average Bonchev–Trinajstić information content (AvgIpc) is 2.57. The van der Waals surface area contributed by atoms with Crippen LogP contribution in [-0.4, -0.2) is 17.0 Å². The number of nitrogens with zero attached hydrogens (tertiary/aromatic N) is 1. The molecule has 2 aromatic rings. The molecule has 1 N–H and O–H groups in total. The lowest BCUT2D eigenvalue weighted by Gasteiger charge is -2.26. The van der Waals surface area contributed by atoms with E-state index in [-0.39, 0.29) is 0 Å². The van der Waals surface area contributed by atoms with Gasteiger partial charge in [0.15, 0.2) is 0 Å². The SMILES string of the molecule is CCCCC(C(=O)O)C(=O)N(c1ccccc1)c1ccccc1. The minimum absolute atomic E-state index is 0.348. The van der Waals surface area contributed by atoms with Crippen molar-refractivity contribution in [1.29, 1.82) is 0 Å². The number of hydrogen-bond donors (Lipinski definition) is 1. The summed E-state index contributed by atoms with van der Waals surface area (Å²) in [6.45, 7) is 1.98. The lowest BCUT2D eigenvalue weighted by Crippen LogP contribution is -2.36. The van der Waals surface area contributed by atoms with Gasteiger partial charge in [-0.1, -0.05) is 56.2 Å². The molecule has 23 heavy (non-hydrogen) atoms. The lowest BCUT2D eigenvalue weighted by molar-refractivity contribution is -0.146. The van der Waals surface area contributed by atoms with E-state index in [1.54, 1.807) is 0 Å². The van der Waals surface area contributed by atoms with E-state index >= 15 is 0 Å². The van der Waals surface area contributed by atoms with Gasteiger partial charge in [-0.3, -0.25) is 14.5 Å². The number of carboxylic acids is 1. The number of carboxylic acid groups (broad SMARTS) is 1. The Morgan fingerprint density at radius 3 is 1.83 bits per heavy atom. The van der Waals surface area contributed by atoms with Gasteiger partial charge in [0.05, 0.1) is 0 Å². The highest BCUT2D eigenvalue weighted by Gasteiger charge is 2.31. The van der Waals surface area contributed by atoms with Crippen LogP contribution in [0.4, 0.5) is 11.4 Å². The smallest absolute Gasteiger partial charge is 0.316 e. The summed E-state index contributed by atoms with van der Waals surface area (Å²) in [5, 5.41) is 9.47. The number of carbonyl (C=O) groups is 2. The molecule has 120 valence electrons. The van der Waals surface area contributed by atoms with Crippen molar-refractivity contribution in [1.82, 2.24) is 0 Å². The largest absolute Gasteiger partial charge is 0.481 e. The van der Waals surface area contributed by atoms with Gasteiger partial charge >= 0.3 is 5.97 Å². The van der Waals surface area contributed by atoms with E-state index < -0.39 is 17.8 Å². The summed E-state index contributed by atoms with van der Waals surface area (Å²) in [5.74, 6) is -2.50. The molecule has 2 rings (SSSR count). The predicted octanol–water partition coefficient (Wildman–Crippen LogP) is 4.24. The summed E-state index contributed by atoms with van der Waals surface area (Å²) in [6.07, 6.45) is 1.91. The van der Waals surface area contributed by atoms with Crippen LogP contribution in [0.15, 0.2) is 60.7 Å². The molecular weight excluding hydrogens is 290 g/mol. The van der Waals surface area contributed by atoms with Crippen molar-refractivity contribution < 1.29 is 14.7 Å². The van der Waals surface area contributed by atoms with Crippen molar-refractivity contribution in [2.24, 2.45) is 5.92 Å². The summed E-state index contributed by atoms with van der Waals surface area (Å²) in [7, 11) is 0. The van der Waals surface area contributed by atoms with Gasteiger partial charge in [0, 0.05) is 11.4 Å². The summed E-state index contributed by atoms with van der Waals surface area (Å²) in [5.41, 5.74) is 1.35. The minimum Gasteiger partial charge on any atom is -0.481 e. The second kappa shape index (κ2) is 8.13. The van der Waals surface area contributed by atoms with E-state index in [0.29, 0.717) is 24.2 Å². The van der Waals surface area contributed by atoms with Crippen LogP contribution in [0.5, 0.6) is 0 Å². The first-order valence-electron chi connectivity index (χ1n) is 7.82. The van der Waals surface area contributed by atoms with Gasteiger partial charge in [0.25, 0.3) is 0 Å². The predicted molar refractivity (Wildman–Crippen MR) is 90.7 cm³/mol. The zero-order valence-corrected chi connectivity index (χ0v) is 13.2. The zero-order chi connectivity index (χ0) is 16.7. The van der Waals surface area contributed by atoms with Crippen molar-refractivity contribution >= 4 is 23.3 Å². The van der Waals surface area contributed by atoms with Crippen molar-refractivity contribution in [3.05, 3.63) is 60.7 Å². The Morgan fingerprint density at radius 2 is 1.43 bits per heavy atom. The molecule has 0 aliphatic heterocycles. The molecular formula is C19H21NO3. The molecule has 0 aromatic heterocycles. The highest BCUT2D eigenvalue weighted by atomic mass is 16.4. The molecule has 0 saturated carbocycles. The van der Waals surface area contributed by atoms with E-state index in [2.05, 4.69) is 0 Å². The fourth-order valence-corrected chi connectivity index (χ4v) is 2.47. The van der Waals surface area contributed by atoms with Gasteiger partial charge in [-0.05, 0) is 30.7 Å². The number of amides is 1. The van der Waals surface area contributed by atoms with Gasteiger partial charge < -0.3 is 5.11 Å². The molecule has 1 atom stereocenters. The molecule has 0 fully saturated rings. The number of carbonyl (C=O) groups excluding carboxylic acids is 1. The summed E-state index contributed by atoms with van der Waals surface area (Å²) >= 11 is 0. The van der Waals surface area contributed by atoms with Crippen molar-refractivity contribution in [3.63, 3.8) is 0 Å². The number of unbranched alkanes of at least 4 members (excludes halogenated alkanes) is 1. The second-order valence-corrected chi connectivity index (χ2v) is 5.38. The van der Waals surface area contributed by atoms with Crippen LogP contribution in [0.3, 0.4) is 0 Å². The number of anilines is 2. The third-order valence-electron chi connectivity index (χ3n) is 3.69. The number of para-hydroxylation sites is 2. The maximum Gasteiger partial charge on any atom is 0.316 e. The van der Waals surface area contributed by atoms with Crippen LogP contribution in [0, 0.1) is 5.92 Å². The second-order valence-electron chi connectivity index (χ2n) is 5.38. The van der Waals surface area contributed by atoms with Gasteiger partial charge in [-0.2, -0.15) is 0 Å². The van der Waals surface area contributed by atoms with Crippen molar-refractivity contribution in [3.8, 4) is 0 Å². The van der Waals surface area contributed by atoms with Crippen LogP contribution in [0.1, 0.15) is 26.2 Å². The fourth-order valence-electron chi connectivity index (χ4n) is 2.47. The first kappa shape index (κ1) is 16.7. The van der Waals surface area contributed by atoms with Crippen LogP contribution < -0.4 is 4.90 Å². The Kier molecular flexibility index (Phi) is 5.92. The standard InChI is InChI=1S/C19H21NO3/c1-2-3-14-17(19(22)23)18(21)20(15-10-6-4-7-11-15)16-12-8-5-9-13-16/h4-13,17H,2-3,14H2,1H3,(H,22,23). The fraction of sp³-hybridized carbons (Fsp3) is 0.263. The molecule has 4 heteroatoms. The molecule has 1 unspecified atom stereocenters. The number of benzene rings is 2. The monoisotopic (exact) mass is 311 g/mol. The number of hydrogen-bond acceptors (Lipinski definition) is 2. The normalized spacial score (nSPS) is 11.7. The van der Waals surface area contributed by atoms with Crippen LogP contribution in [0.25, 0.3) is 0 Å². The lowest BCUT2D eigenvalue weighted by atomic mass is 10.00. The first-order chi connectivity index (χ1) is 11.1. The summed E-state index contributed by atoms with van der Waals surface area (Å²) < 4.78 is 0. The van der Waals surface area contributed by atoms with Crippen LogP contribution >= 0.6 is 0 Å². The molecule has 0 heterocycles. The highest BCUT2D eigenvalue weighted by molar-refractivity contribution is 6.09. The van der Waals surface area contributed by atoms with Crippen molar-refractivity contribution in [2.45, 2.75) is 26.2 Å². The Labute approximate surface area is 136 Å². The summed E-state index contributed by atoms with van der Waals surface area (Å²) in [6, 6.07) is 18.3. The Hall–Kier alpha value is -2.62. The van der Waals surface area contributed by atoms with Gasteiger partial charge in [0.2, 0.25) is 5.91 Å². The van der Waals surface area contributed by atoms with Gasteiger partial charge in [0.1, 0.15) is 5.92 Å². The molecule has 0 bridgehead atoms. The molecule has 0 radical (unpaired) electrons. The molecule has 0 spiro atoms. The van der Waals surface area contributed by atoms with E-state index in [9.17, 15) is 14.7 Å². The van der Waals surface area contributed by atoms with Gasteiger partial charge in [-0.25, -0.2) is 0 Å².